The minimum absolute atomic E-state index is 0.000339. The molecule has 2 unspecified atom stereocenters. The van der Waals surface area contributed by atoms with Crippen LogP contribution in [0.5, 0.6) is 0 Å². The Balaban J connectivity index is 0.000000169. The summed E-state index contributed by atoms with van der Waals surface area (Å²) in [5, 5.41) is 12.7. The Hall–Kier alpha value is -3.36. The van der Waals surface area contributed by atoms with Crippen LogP contribution in [0.2, 0.25) is 10.0 Å². The molecule has 0 saturated carbocycles. The molecule has 4 saturated heterocycles. The highest BCUT2D eigenvalue weighted by molar-refractivity contribution is 9.10. The Morgan fingerprint density at radius 3 is 1.69 bits per heavy atom. The van der Waals surface area contributed by atoms with E-state index in [1.807, 2.05) is 86.4 Å². The molecule has 4 fully saturated rings. The number of amides is 2. The van der Waals surface area contributed by atoms with Gasteiger partial charge in [-0.3, -0.25) is 0 Å². The zero-order chi connectivity index (χ0) is 43.9. The van der Waals surface area contributed by atoms with E-state index in [-0.39, 0.29) is 24.6 Å². The highest BCUT2D eigenvalue weighted by Gasteiger charge is 2.29. The van der Waals surface area contributed by atoms with Gasteiger partial charge in [0, 0.05) is 64.7 Å². The van der Waals surface area contributed by atoms with Crippen molar-refractivity contribution < 1.29 is 28.5 Å². The zero-order valence-electron chi connectivity index (χ0n) is 36.7. The van der Waals surface area contributed by atoms with Crippen molar-refractivity contribution in [3.8, 4) is 0 Å². The number of halogens is 3. The van der Waals surface area contributed by atoms with Crippen molar-refractivity contribution in [3.05, 3.63) is 68.9 Å². The number of carbonyl (C=O) groups is 2. The number of piperidine rings is 2. The van der Waals surface area contributed by atoms with E-state index in [4.69, 9.17) is 42.1 Å². The minimum Gasteiger partial charge on any atom is -0.444 e. The van der Waals surface area contributed by atoms with E-state index in [0.29, 0.717) is 10.9 Å². The van der Waals surface area contributed by atoms with Gasteiger partial charge in [0.05, 0.1) is 23.4 Å². The molecule has 0 aliphatic carbocycles. The Bertz CT molecular complexity index is 2110. The smallest absolute Gasteiger partial charge is 0.410 e. The molecular weight excluding hydrogens is 883 g/mol. The number of benzene rings is 2. The van der Waals surface area contributed by atoms with Gasteiger partial charge < -0.3 is 28.7 Å². The van der Waals surface area contributed by atoms with Gasteiger partial charge in [0.2, 0.25) is 0 Å². The largest absolute Gasteiger partial charge is 0.444 e. The van der Waals surface area contributed by atoms with Crippen molar-refractivity contribution in [3.63, 3.8) is 0 Å². The summed E-state index contributed by atoms with van der Waals surface area (Å²) >= 11 is 16.1. The van der Waals surface area contributed by atoms with Crippen LogP contribution in [0.3, 0.4) is 0 Å². The van der Waals surface area contributed by atoms with Gasteiger partial charge in [-0.15, -0.1) is 0 Å². The lowest BCUT2D eigenvalue weighted by Gasteiger charge is -2.33. The second-order valence-electron chi connectivity index (χ2n) is 18.5. The number of hydrogen-bond acceptors (Lipinski definition) is 8. The monoisotopic (exact) mass is 944 g/mol. The van der Waals surface area contributed by atoms with E-state index in [2.05, 4.69) is 38.8 Å². The summed E-state index contributed by atoms with van der Waals surface area (Å²) in [6, 6.07) is 7.89. The molecule has 334 valence electrons. The van der Waals surface area contributed by atoms with Crippen LogP contribution in [0, 0.1) is 5.92 Å². The zero-order valence-corrected chi connectivity index (χ0v) is 39.8. The van der Waals surface area contributed by atoms with Gasteiger partial charge in [-0.2, -0.15) is 10.2 Å². The van der Waals surface area contributed by atoms with E-state index in [1.165, 1.54) is 17.6 Å². The topological polar surface area (TPSA) is 113 Å². The third kappa shape index (κ3) is 13.3. The number of ether oxygens (including phenoxy) is 4. The first-order chi connectivity index (χ1) is 28.9. The van der Waals surface area contributed by atoms with Crippen LogP contribution < -0.4 is 0 Å². The van der Waals surface area contributed by atoms with E-state index < -0.39 is 11.2 Å². The number of nitrogens with zero attached hydrogens (tertiary/aromatic N) is 6. The molecule has 0 bridgehead atoms. The standard InChI is InChI=1S/C23H32ClN3O3.C12H12BrClN2O.C11H19NO2/c1-23(2,3)30-22(28)26-9-7-16(8-10-26)12-17-13-18(24)14-20-19(17)15-25-27(20)21-6-4-5-11-29-21;13-10-5-8(14)6-11-9(10)7-15-16(11)12-3-1-2-4-17-12;1-9-5-7-12(8-6-9)10(13)14-11(2,3)4/h13-16,21H,4-12H2,1-3H3;5-7,12H,1-4H2;1,5-8H2,2-4H3. The molecule has 12 nitrogen and oxygen atoms in total. The Morgan fingerprint density at radius 2 is 1.20 bits per heavy atom. The molecule has 4 aliphatic heterocycles. The van der Waals surface area contributed by atoms with Crippen molar-refractivity contribution in [1.82, 2.24) is 29.4 Å². The van der Waals surface area contributed by atoms with Gasteiger partial charge in [-0.1, -0.05) is 35.4 Å². The lowest BCUT2D eigenvalue weighted by atomic mass is 9.89. The maximum absolute atomic E-state index is 12.3. The molecule has 2 aromatic carbocycles. The number of likely N-dealkylation sites (tertiary alicyclic amines) is 2. The lowest BCUT2D eigenvalue weighted by molar-refractivity contribution is -0.0367. The number of aromatic nitrogens is 4. The SMILES string of the molecule is C=C1CCN(C(=O)OC(C)(C)C)CC1.CC(C)(C)OC(=O)N1CCC(Cc2cc(Cl)cc3c2cnn3C2CCCCO2)CC1.Clc1cc(Br)c2cnn(C3CCCCO3)c2c1. The van der Waals surface area contributed by atoms with Crippen LogP contribution in [0.4, 0.5) is 9.59 Å². The van der Waals surface area contributed by atoms with E-state index in [1.54, 1.807) is 4.90 Å². The summed E-state index contributed by atoms with van der Waals surface area (Å²) in [4.78, 5) is 27.5. The Morgan fingerprint density at radius 1 is 0.721 bits per heavy atom. The molecule has 0 spiro atoms. The second-order valence-corrected chi connectivity index (χ2v) is 20.2. The first-order valence-electron chi connectivity index (χ1n) is 21.8. The van der Waals surface area contributed by atoms with Crippen LogP contribution in [0.15, 0.2) is 53.3 Å². The van der Waals surface area contributed by atoms with Crippen LogP contribution >= 0.6 is 39.1 Å². The number of rotatable bonds is 4. The molecule has 2 atom stereocenters. The van der Waals surface area contributed by atoms with Crippen LogP contribution in [0.25, 0.3) is 21.8 Å². The quantitative estimate of drug-likeness (QED) is 0.186. The van der Waals surface area contributed by atoms with Gasteiger partial charge in [0.15, 0.2) is 12.5 Å². The predicted molar refractivity (Wildman–Crippen MR) is 245 cm³/mol. The first-order valence-corrected chi connectivity index (χ1v) is 23.3. The molecule has 2 amide bonds. The van der Waals surface area contributed by atoms with Crippen LogP contribution in [-0.2, 0) is 25.4 Å². The second kappa shape index (κ2) is 20.9. The van der Waals surface area contributed by atoms with Crippen molar-refractivity contribution in [2.75, 3.05) is 39.4 Å². The highest BCUT2D eigenvalue weighted by Crippen LogP contribution is 2.34. The molecule has 0 radical (unpaired) electrons. The molecule has 8 rings (SSSR count). The fourth-order valence-corrected chi connectivity index (χ4v) is 9.13. The molecule has 2 aromatic heterocycles. The molecule has 4 aliphatic rings. The van der Waals surface area contributed by atoms with Gasteiger partial charge in [-0.25, -0.2) is 19.0 Å². The highest BCUT2D eigenvalue weighted by atomic mass is 79.9. The first kappa shape index (κ1) is 47.1. The summed E-state index contributed by atoms with van der Waals surface area (Å²) < 4.78 is 27.4. The average molecular weight is 947 g/mol. The average Bonchev–Trinajstić information content (AvgIpc) is 3.83. The summed E-state index contributed by atoms with van der Waals surface area (Å²) in [6.45, 7) is 19.8. The number of fused-ring (bicyclic) bond motifs is 2. The molecule has 15 heteroatoms. The summed E-state index contributed by atoms with van der Waals surface area (Å²) in [6.07, 6.45) is 14.7. The van der Waals surface area contributed by atoms with Crippen LogP contribution in [0.1, 0.15) is 124 Å². The Kier molecular flexibility index (Phi) is 16.1. The summed E-state index contributed by atoms with van der Waals surface area (Å²) in [5.41, 5.74) is 3.68. The maximum Gasteiger partial charge on any atom is 0.410 e. The van der Waals surface area contributed by atoms with E-state index in [9.17, 15) is 9.59 Å². The predicted octanol–water partition coefficient (Wildman–Crippen LogP) is 12.3. The summed E-state index contributed by atoms with van der Waals surface area (Å²) in [5.74, 6) is 0.514. The third-order valence-corrected chi connectivity index (χ3v) is 12.2. The fraction of sp³-hybridized carbons (Fsp3) is 0.609. The molecule has 61 heavy (non-hydrogen) atoms. The van der Waals surface area contributed by atoms with Gasteiger partial charge in [0.1, 0.15) is 11.2 Å². The van der Waals surface area contributed by atoms with E-state index in [0.717, 1.165) is 135 Å². The number of hydrogen-bond donors (Lipinski definition) is 0. The van der Waals surface area contributed by atoms with Crippen molar-refractivity contribution in [2.45, 2.75) is 136 Å². The summed E-state index contributed by atoms with van der Waals surface area (Å²) in [7, 11) is 0. The van der Waals surface area contributed by atoms with Gasteiger partial charge in [-0.05, 0) is 164 Å². The van der Waals surface area contributed by atoms with Crippen LogP contribution in [-0.4, -0.2) is 92.1 Å². The van der Waals surface area contributed by atoms with E-state index >= 15 is 0 Å². The Labute approximate surface area is 379 Å². The van der Waals surface area contributed by atoms with Gasteiger partial charge >= 0.3 is 12.2 Å². The molecule has 0 N–H and O–H groups in total. The number of carbonyl (C=O) groups excluding carboxylic acids is 2. The van der Waals surface area contributed by atoms with Gasteiger partial charge in [0.25, 0.3) is 0 Å². The van der Waals surface area contributed by atoms with Crippen molar-refractivity contribution in [2.24, 2.45) is 5.92 Å². The molecule has 6 heterocycles. The van der Waals surface area contributed by atoms with Crippen molar-refractivity contribution >= 4 is 73.1 Å². The minimum atomic E-state index is -0.456. The fourth-order valence-electron chi connectivity index (χ4n) is 8.00. The van der Waals surface area contributed by atoms with Crippen molar-refractivity contribution in [1.29, 1.82) is 0 Å². The lowest BCUT2D eigenvalue weighted by Crippen LogP contribution is -2.42. The molecular formula is C46H63BrCl2N6O6. The molecule has 4 aromatic rings. The third-order valence-electron chi connectivity index (χ3n) is 11.2. The maximum atomic E-state index is 12.3. The normalized spacial score (nSPS) is 20.4.